The van der Waals surface area contributed by atoms with Crippen LogP contribution < -0.4 is 0 Å². The highest BCUT2D eigenvalue weighted by atomic mass is 16.5. The summed E-state index contributed by atoms with van der Waals surface area (Å²) in [4.78, 5) is 12.4. The van der Waals surface area contributed by atoms with Crippen molar-refractivity contribution >= 4 is 5.97 Å². The maximum atomic E-state index is 12.4. The van der Waals surface area contributed by atoms with Crippen molar-refractivity contribution in [3.63, 3.8) is 0 Å². The molecule has 4 aliphatic carbocycles. The van der Waals surface area contributed by atoms with Gasteiger partial charge in [-0.2, -0.15) is 0 Å². The lowest BCUT2D eigenvalue weighted by Crippen LogP contribution is -2.52. The van der Waals surface area contributed by atoms with Gasteiger partial charge in [-0.3, -0.25) is 4.79 Å². The van der Waals surface area contributed by atoms with E-state index in [9.17, 15) is 4.79 Å². The van der Waals surface area contributed by atoms with Gasteiger partial charge in [-0.1, -0.05) is 66.7 Å². The molecule has 0 radical (unpaired) electrons. The quantitative estimate of drug-likeness (QED) is 0.255. The minimum atomic E-state index is 0.00412. The number of carbonyl (C=O) groups excluding carboxylic acids is 1. The summed E-state index contributed by atoms with van der Waals surface area (Å²) in [6.07, 6.45) is 20.7. The van der Waals surface area contributed by atoms with Gasteiger partial charge in [0.2, 0.25) is 0 Å². The van der Waals surface area contributed by atoms with Crippen molar-refractivity contribution in [2.75, 3.05) is 0 Å². The summed E-state index contributed by atoms with van der Waals surface area (Å²) < 4.78 is 6.06. The number of carbonyl (C=O) groups is 1. The molecule has 3 fully saturated rings. The molecule has 2 heteroatoms. The van der Waals surface area contributed by atoms with E-state index < -0.39 is 0 Å². The Bertz CT molecular complexity index is 808. The summed E-state index contributed by atoms with van der Waals surface area (Å²) in [5.74, 6) is 5.38. The Morgan fingerprint density at radius 3 is 2.51 bits per heavy atom. The second-order valence-corrected chi connectivity index (χ2v) is 13.6. The van der Waals surface area contributed by atoms with Crippen LogP contribution in [0.25, 0.3) is 0 Å². The lowest BCUT2D eigenvalue weighted by Gasteiger charge is -2.58. The Morgan fingerprint density at radius 2 is 1.83 bits per heavy atom. The van der Waals surface area contributed by atoms with Gasteiger partial charge in [-0.25, -0.2) is 0 Å². The van der Waals surface area contributed by atoms with E-state index in [1.54, 1.807) is 0 Å². The molecule has 0 aromatic rings. The van der Waals surface area contributed by atoms with E-state index in [2.05, 4.69) is 66.7 Å². The fraction of sp³-hybridized carbons (Fsp3) is 0.848. The molecule has 9 atom stereocenters. The molecule has 4 rings (SSSR count). The minimum Gasteiger partial charge on any atom is -0.458 e. The van der Waals surface area contributed by atoms with Crippen LogP contribution >= 0.6 is 0 Å². The number of fused-ring (bicyclic) bond motifs is 5. The molecule has 0 aliphatic heterocycles. The summed E-state index contributed by atoms with van der Waals surface area (Å²) in [7, 11) is 0. The molecule has 0 amide bonds. The molecular weight excluding hydrogens is 428 g/mol. The first kappa shape index (κ1) is 27.0. The van der Waals surface area contributed by atoms with Gasteiger partial charge in [0.25, 0.3) is 0 Å². The molecule has 4 aliphatic rings. The van der Waals surface area contributed by atoms with E-state index in [4.69, 9.17) is 4.74 Å². The molecule has 1 unspecified atom stereocenters. The topological polar surface area (TPSA) is 26.3 Å². The standard InChI is InChI=1S/C33H54O2/c1-8-11-31(34)35-30-12-10-20-32(6)28-19-21-33(7)26(23(5)13-14-24(9-2)22(3)4)17-18-27(33)25(28)15-16-29(30)32/h13-14,16,22-28,30H,8-12,15,17-21H2,1-7H3/b14-13+/t23-,24-,25+,26-,27+,28+,30?,32-,33-/m1/s1. The molecule has 0 saturated heterocycles. The van der Waals surface area contributed by atoms with Crippen molar-refractivity contribution in [3.05, 3.63) is 23.8 Å². The smallest absolute Gasteiger partial charge is 0.306 e. The summed E-state index contributed by atoms with van der Waals surface area (Å²) in [5.41, 5.74) is 2.20. The molecular formula is C33H54O2. The van der Waals surface area contributed by atoms with Crippen LogP contribution in [0.4, 0.5) is 0 Å². The molecule has 198 valence electrons. The highest BCUT2D eigenvalue weighted by Crippen LogP contribution is 2.67. The van der Waals surface area contributed by atoms with Gasteiger partial charge < -0.3 is 4.74 Å². The fourth-order valence-corrected chi connectivity index (χ4v) is 9.49. The average Bonchev–Trinajstić information content (AvgIpc) is 3.16. The minimum absolute atomic E-state index is 0.00412. The maximum absolute atomic E-state index is 12.4. The van der Waals surface area contributed by atoms with Gasteiger partial charge in [0.15, 0.2) is 0 Å². The zero-order valence-corrected chi connectivity index (χ0v) is 23.9. The number of esters is 1. The second kappa shape index (κ2) is 10.7. The third-order valence-corrected chi connectivity index (χ3v) is 11.5. The van der Waals surface area contributed by atoms with Gasteiger partial charge in [0, 0.05) is 6.42 Å². The fourth-order valence-electron chi connectivity index (χ4n) is 9.49. The number of allylic oxidation sites excluding steroid dienone is 3. The molecule has 35 heavy (non-hydrogen) atoms. The molecule has 0 aromatic carbocycles. The first-order chi connectivity index (χ1) is 16.7. The third kappa shape index (κ3) is 4.94. The van der Waals surface area contributed by atoms with Crippen LogP contribution in [0.15, 0.2) is 23.8 Å². The second-order valence-electron chi connectivity index (χ2n) is 13.6. The predicted molar refractivity (Wildman–Crippen MR) is 147 cm³/mol. The van der Waals surface area contributed by atoms with Gasteiger partial charge >= 0.3 is 5.97 Å². The van der Waals surface area contributed by atoms with Gasteiger partial charge in [0.1, 0.15) is 6.10 Å². The molecule has 2 nitrogen and oxygen atoms in total. The first-order valence-corrected chi connectivity index (χ1v) is 15.2. The lowest BCUT2D eigenvalue weighted by molar-refractivity contribution is -0.150. The number of rotatable bonds is 8. The van der Waals surface area contributed by atoms with Crippen LogP contribution in [-0.4, -0.2) is 12.1 Å². The van der Waals surface area contributed by atoms with Gasteiger partial charge in [0.05, 0.1) is 0 Å². The van der Waals surface area contributed by atoms with E-state index in [0.29, 0.717) is 23.7 Å². The van der Waals surface area contributed by atoms with Crippen LogP contribution in [0.5, 0.6) is 0 Å². The summed E-state index contributed by atoms with van der Waals surface area (Å²) in [5, 5.41) is 0. The van der Waals surface area contributed by atoms with Crippen molar-refractivity contribution in [1.29, 1.82) is 0 Å². The highest BCUT2D eigenvalue weighted by molar-refractivity contribution is 5.69. The Kier molecular flexibility index (Phi) is 8.29. The van der Waals surface area contributed by atoms with Crippen molar-refractivity contribution in [2.45, 2.75) is 125 Å². The Morgan fingerprint density at radius 1 is 1.06 bits per heavy atom. The van der Waals surface area contributed by atoms with Crippen molar-refractivity contribution in [2.24, 2.45) is 52.3 Å². The lowest BCUT2D eigenvalue weighted by atomic mass is 9.47. The SMILES string of the molecule is CCCC(=O)OC1CCC[C@@]2(C)C1=CC[C@H]1[C@@H]3CC[C@H]([C@H](C)/C=C/[C@@H](CC)C(C)C)[C@@]3(C)CC[C@@H]12. The van der Waals surface area contributed by atoms with Crippen LogP contribution in [0.1, 0.15) is 119 Å². The molecule has 0 aromatic heterocycles. The number of ether oxygens (including phenoxy) is 1. The maximum Gasteiger partial charge on any atom is 0.306 e. The van der Waals surface area contributed by atoms with Crippen LogP contribution in [0.3, 0.4) is 0 Å². The Hall–Kier alpha value is -1.05. The monoisotopic (exact) mass is 482 g/mol. The van der Waals surface area contributed by atoms with E-state index in [-0.39, 0.29) is 17.5 Å². The number of hydrogen-bond acceptors (Lipinski definition) is 2. The molecule has 0 bridgehead atoms. The zero-order chi connectivity index (χ0) is 25.4. The largest absolute Gasteiger partial charge is 0.458 e. The highest BCUT2D eigenvalue weighted by Gasteiger charge is 2.59. The summed E-state index contributed by atoms with van der Waals surface area (Å²) in [6.45, 7) is 16.8. The number of hydrogen-bond donors (Lipinski definition) is 0. The predicted octanol–water partition coefficient (Wildman–Crippen LogP) is 9.15. The van der Waals surface area contributed by atoms with Crippen LogP contribution in [0, 0.1) is 52.3 Å². The third-order valence-electron chi connectivity index (χ3n) is 11.5. The molecule has 0 N–H and O–H groups in total. The zero-order valence-electron chi connectivity index (χ0n) is 23.9. The van der Waals surface area contributed by atoms with E-state index in [1.165, 1.54) is 56.9 Å². The molecule has 3 saturated carbocycles. The molecule has 0 heterocycles. The van der Waals surface area contributed by atoms with E-state index in [0.717, 1.165) is 42.4 Å². The Labute approximate surface area is 216 Å². The van der Waals surface area contributed by atoms with Crippen molar-refractivity contribution < 1.29 is 9.53 Å². The summed E-state index contributed by atoms with van der Waals surface area (Å²) in [6, 6.07) is 0. The van der Waals surface area contributed by atoms with Crippen LogP contribution in [0.2, 0.25) is 0 Å². The van der Waals surface area contributed by atoms with E-state index in [1.807, 2.05) is 0 Å². The average molecular weight is 483 g/mol. The first-order valence-electron chi connectivity index (χ1n) is 15.2. The molecule has 0 spiro atoms. The van der Waals surface area contributed by atoms with E-state index >= 15 is 0 Å². The van der Waals surface area contributed by atoms with Crippen LogP contribution in [-0.2, 0) is 9.53 Å². The van der Waals surface area contributed by atoms with Crippen molar-refractivity contribution in [3.8, 4) is 0 Å². The van der Waals surface area contributed by atoms with Gasteiger partial charge in [-0.05, 0) is 122 Å². The Balaban J connectivity index is 1.52. The van der Waals surface area contributed by atoms with Crippen molar-refractivity contribution in [1.82, 2.24) is 0 Å². The van der Waals surface area contributed by atoms with Gasteiger partial charge in [-0.15, -0.1) is 0 Å². The summed E-state index contributed by atoms with van der Waals surface area (Å²) >= 11 is 0. The normalized spacial score (nSPS) is 40.6.